The molecule has 0 atom stereocenters. The Hall–Kier alpha value is -1.09. The minimum Gasteiger partial charge on any atom is -0.445 e. The smallest absolute Gasteiger partial charge is 0.226 e. The van der Waals surface area contributed by atoms with E-state index in [-0.39, 0.29) is 0 Å². The predicted molar refractivity (Wildman–Crippen MR) is 38.7 cm³/mol. The standard InChI is InChI=1S/C7H4NOS/c1-4-10-5-6(1)7-8-2-3-9-7/h1-3,5H. The van der Waals surface area contributed by atoms with Gasteiger partial charge in [0.1, 0.15) is 6.26 Å². The Bertz CT molecular complexity index is 253. The van der Waals surface area contributed by atoms with Crippen LogP contribution in [0.4, 0.5) is 0 Å². The van der Waals surface area contributed by atoms with E-state index in [4.69, 9.17) is 4.42 Å². The normalized spacial score (nSPS) is 10.0. The van der Waals surface area contributed by atoms with Crippen LogP contribution < -0.4 is 0 Å². The molecule has 0 saturated heterocycles. The van der Waals surface area contributed by atoms with E-state index in [2.05, 4.69) is 10.4 Å². The van der Waals surface area contributed by atoms with Gasteiger partial charge in [-0.2, -0.15) is 0 Å². The van der Waals surface area contributed by atoms with Crippen LogP contribution in [0.1, 0.15) is 0 Å². The van der Waals surface area contributed by atoms with Gasteiger partial charge in [-0.25, -0.2) is 4.98 Å². The summed E-state index contributed by atoms with van der Waals surface area (Å²) in [6.45, 7) is 0. The number of rotatable bonds is 1. The number of aromatic nitrogens is 1. The molecule has 2 aromatic heterocycles. The largest absolute Gasteiger partial charge is 0.445 e. The maximum absolute atomic E-state index is 5.05. The number of nitrogens with zero attached hydrogens (tertiary/aromatic N) is 1. The molecule has 2 nitrogen and oxygen atoms in total. The van der Waals surface area contributed by atoms with Crippen LogP contribution >= 0.6 is 11.3 Å². The fourth-order valence-electron chi connectivity index (χ4n) is 0.707. The molecule has 2 aromatic rings. The predicted octanol–water partition coefficient (Wildman–Crippen LogP) is 2.20. The highest BCUT2D eigenvalue weighted by atomic mass is 32.1. The van der Waals surface area contributed by atoms with Crippen molar-refractivity contribution >= 4 is 11.3 Å². The van der Waals surface area contributed by atoms with E-state index in [1.807, 2.05) is 11.4 Å². The third-order valence-corrected chi connectivity index (χ3v) is 1.77. The van der Waals surface area contributed by atoms with E-state index in [1.165, 1.54) is 11.3 Å². The SMILES string of the molecule is [c]1cc(-c2ncco2)cs1. The van der Waals surface area contributed by atoms with Gasteiger partial charge >= 0.3 is 0 Å². The Morgan fingerprint density at radius 3 is 3.20 bits per heavy atom. The van der Waals surface area contributed by atoms with Crippen LogP contribution in [0.25, 0.3) is 11.5 Å². The molecule has 0 aliphatic carbocycles. The minimum absolute atomic E-state index is 0.664. The van der Waals surface area contributed by atoms with Crippen molar-refractivity contribution in [2.24, 2.45) is 0 Å². The molecular formula is C7H4NOS. The summed E-state index contributed by atoms with van der Waals surface area (Å²) in [4.78, 5) is 3.98. The highest BCUT2D eigenvalue weighted by molar-refractivity contribution is 7.07. The van der Waals surface area contributed by atoms with Crippen molar-refractivity contribution in [2.75, 3.05) is 0 Å². The highest BCUT2D eigenvalue weighted by Crippen LogP contribution is 2.18. The molecule has 2 heterocycles. The molecule has 0 N–H and O–H groups in total. The first kappa shape index (κ1) is 5.68. The Morgan fingerprint density at radius 2 is 2.60 bits per heavy atom. The quantitative estimate of drug-likeness (QED) is 0.622. The molecule has 0 saturated carbocycles. The number of hydrogen-bond donors (Lipinski definition) is 0. The maximum atomic E-state index is 5.05. The average molecular weight is 150 g/mol. The van der Waals surface area contributed by atoms with Crippen LogP contribution in [0.15, 0.2) is 28.3 Å². The first-order valence-electron chi connectivity index (χ1n) is 2.81. The zero-order chi connectivity index (χ0) is 6.81. The molecule has 0 aromatic carbocycles. The molecule has 3 heteroatoms. The van der Waals surface area contributed by atoms with E-state index < -0.39 is 0 Å². The van der Waals surface area contributed by atoms with Gasteiger partial charge in [0, 0.05) is 16.3 Å². The van der Waals surface area contributed by atoms with Gasteiger partial charge in [0.05, 0.1) is 6.20 Å². The molecule has 0 fully saturated rings. The van der Waals surface area contributed by atoms with Crippen LogP contribution in [-0.2, 0) is 0 Å². The fraction of sp³-hybridized carbons (Fsp3) is 0. The molecule has 0 amide bonds. The molecule has 0 spiro atoms. The molecule has 0 aliphatic rings. The van der Waals surface area contributed by atoms with E-state index in [1.54, 1.807) is 12.5 Å². The summed E-state index contributed by atoms with van der Waals surface area (Å²) in [6.07, 6.45) is 3.19. The van der Waals surface area contributed by atoms with E-state index in [9.17, 15) is 0 Å². The van der Waals surface area contributed by atoms with Crippen LogP contribution in [0.3, 0.4) is 0 Å². The lowest BCUT2D eigenvalue weighted by molar-refractivity contribution is 0.575. The Morgan fingerprint density at radius 1 is 1.60 bits per heavy atom. The summed E-state index contributed by atoms with van der Waals surface area (Å²) in [5.74, 6) is 0.664. The Kier molecular flexibility index (Phi) is 1.29. The molecule has 2 rings (SSSR count). The zero-order valence-electron chi connectivity index (χ0n) is 5.07. The molecule has 0 bridgehead atoms. The lowest BCUT2D eigenvalue weighted by Crippen LogP contribution is -1.67. The van der Waals surface area contributed by atoms with Crippen molar-refractivity contribution in [2.45, 2.75) is 0 Å². The number of thiophene rings is 1. The summed E-state index contributed by atoms with van der Waals surface area (Å²) >= 11 is 1.51. The van der Waals surface area contributed by atoms with Crippen molar-refractivity contribution < 1.29 is 4.42 Å². The van der Waals surface area contributed by atoms with Crippen LogP contribution in [-0.4, -0.2) is 4.98 Å². The lowest BCUT2D eigenvalue weighted by Gasteiger charge is -1.83. The van der Waals surface area contributed by atoms with Gasteiger partial charge in [0.25, 0.3) is 0 Å². The molecular weight excluding hydrogens is 146 g/mol. The summed E-state index contributed by atoms with van der Waals surface area (Å²) in [5, 5.41) is 4.91. The molecule has 0 unspecified atom stereocenters. The van der Waals surface area contributed by atoms with E-state index >= 15 is 0 Å². The van der Waals surface area contributed by atoms with Gasteiger partial charge in [0.15, 0.2) is 0 Å². The van der Waals surface area contributed by atoms with Crippen molar-refractivity contribution in [1.82, 2.24) is 4.98 Å². The third kappa shape index (κ3) is 0.844. The van der Waals surface area contributed by atoms with Gasteiger partial charge in [-0.05, 0) is 6.07 Å². The van der Waals surface area contributed by atoms with Crippen molar-refractivity contribution in [3.63, 3.8) is 0 Å². The molecule has 1 radical (unpaired) electrons. The van der Waals surface area contributed by atoms with Crippen LogP contribution in [0.5, 0.6) is 0 Å². The average Bonchev–Trinajstić information content (AvgIpc) is 2.59. The second kappa shape index (κ2) is 2.27. The van der Waals surface area contributed by atoms with Crippen LogP contribution in [0, 0.1) is 5.38 Å². The maximum Gasteiger partial charge on any atom is 0.226 e. The van der Waals surface area contributed by atoms with Crippen LogP contribution in [0.2, 0.25) is 0 Å². The first-order chi connectivity index (χ1) is 4.97. The van der Waals surface area contributed by atoms with E-state index in [0.29, 0.717) is 5.89 Å². The number of hydrogen-bond acceptors (Lipinski definition) is 3. The van der Waals surface area contributed by atoms with Gasteiger partial charge in [-0.3, -0.25) is 0 Å². The van der Waals surface area contributed by atoms with Crippen molar-refractivity contribution in [1.29, 1.82) is 0 Å². The van der Waals surface area contributed by atoms with Gasteiger partial charge in [0.2, 0.25) is 5.89 Å². The van der Waals surface area contributed by atoms with Gasteiger partial charge in [-0.15, -0.1) is 11.3 Å². The fourth-order valence-corrected chi connectivity index (χ4v) is 1.27. The molecule has 0 aliphatic heterocycles. The zero-order valence-corrected chi connectivity index (χ0v) is 5.89. The highest BCUT2D eigenvalue weighted by Gasteiger charge is 1.99. The summed E-state index contributed by atoms with van der Waals surface area (Å²) in [7, 11) is 0. The first-order valence-corrected chi connectivity index (χ1v) is 3.69. The van der Waals surface area contributed by atoms with Crippen molar-refractivity contribution in [3.8, 4) is 11.5 Å². The van der Waals surface area contributed by atoms with E-state index in [0.717, 1.165) is 5.56 Å². The van der Waals surface area contributed by atoms with Crippen molar-refractivity contribution in [3.05, 3.63) is 29.3 Å². The number of oxazole rings is 1. The Balaban J connectivity index is 2.48. The summed E-state index contributed by atoms with van der Waals surface area (Å²) in [6, 6.07) is 1.86. The third-order valence-electron chi connectivity index (χ3n) is 1.15. The molecule has 49 valence electrons. The Labute approximate surface area is 62.1 Å². The van der Waals surface area contributed by atoms with Gasteiger partial charge < -0.3 is 4.42 Å². The van der Waals surface area contributed by atoms with Gasteiger partial charge in [-0.1, -0.05) is 0 Å². The summed E-state index contributed by atoms with van der Waals surface area (Å²) < 4.78 is 5.05. The lowest BCUT2D eigenvalue weighted by atomic mass is 10.3. The second-order valence-electron chi connectivity index (χ2n) is 1.79. The summed E-state index contributed by atoms with van der Waals surface area (Å²) in [5.41, 5.74) is 0.995. The second-order valence-corrected chi connectivity index (χ2v) is 2.50. The molecule has 10 heavy (non-hydrogen) atoms. The minimum atomic E-state index is 0.664. The monoisotopic (exact) mass is 150 g/mol. The topological polar surface area (TPSA) is 26.0 Å².